The normalized spacial score (nSPS) is 11.9. The zero-order valence-corrected chi connectivity index (χ0v) is 12.4. The molecule has 108 valence electrons. The van der Waals surface area contributed by atoms with Crippen LogP contribution in [-0.2, 0) is 21.5 Å². The molecular weight excluding hydrogens is 246 g/mol. The molecule has 1 heterocycles. The Kier molecular flexibility index (Phi) is 5.47. The molecule has 0 aliphatic heterocycles. The standard InChI is InChI=1S/C13H23N3O3/c1-6-16(9-11(17)18-7-2)8-10-14-12(19-15-10)13(3,4)5/h6-9H2,1-5H3. The summed E-state index contributed by atoms with van der Waals surface area (Å²) in [5, 5.41) is 3.94. The van der Waals surface area contributed by atoms with E-state index in [2.05, 4.69) is 10.1 Å². The maximum Gasteiger partial charge on any atom is 0.320 e. The summed E-state index contributed by atoms with van der Waals surface area (Å²) in [6.07, 6.45) is 0. The molecule has 19 heavy (non-hydrogen) atoms. The van der Waals surface area contributed by atoms with Crippen molar-refractivity contribution in [3.8, 4) is 0 Å². The zero-order chi connectivity index (χ0) is 14.5. The predicted octanol–water partition coefficient (Wildman–Crippen LogP) is 1.75. The highest BCUT2D eigenvalue weighted by atomic mass is 16.5. The summed E-state index contributed by atoms with van der Waals surface area (Å²) < 4.78 is 10.1. The van der Waals surface area contributed by atoms with Gasteiger partial charge in [0, 0.05) is 5.41 Å². The number of likely N-dealkylation sites (N-methyl/N-ethyl adjacent to an activating group) is 1. The average Bonchev–Trinajstić information content (AvgIpc) is 2.76. The van der Waals surface area contributed by atoms with E-state index in [1.807, 2.05) is 32.6 Å². The van der Waals surface area contributed by atoms with Crippen molar-refractivity contribution in [3.05, 3.63) is 11.7 Å². The van der Waals surface area contributed by atoms with Crippen LogP contribution in [0.5, 0.6) is 0 Å². The fraction of sp³-hybridized carbons (Fsp3) is 0.769. The van der Waals surface area contributed by atoms with Crippen LogP contribution >= 0.6 is 0 Å². The topological polar surface area (TPSA) is 68.5 Å². The van der Waals surface area contributed by atoms with E-state index in [-0.39, 0.29) is 17.9 Å². The zero-order valence-electron chi connectivity index (χ0n) is 12.4. The first-order valence-corrected chi connectivity index (χ1v) is 6.57. The highest BCUT2D eigenvalue weighted by Gasteiger charge is 2.22. The third-order valence-electron chi connectivity index (χ3n) is 2.58. The quantitative estimate of drug-likeness (QED) is 0.733. The van der Waals surface area contributed by atoms with E-state index in [1.165, 1.54) is 0 Å². The second kappa shape index (κ2) is 6.65. The summed E-state index contributed by atoms with van der Waals surface area (Å²) in [5.74, 6) is 0.967. The van der Waals surface area contributed by atoms with Crippen molar-refractivity contribution in [1.82, 2.24) is 15.0 Å². The lowest BCUT2D eigenvalue weighted by molar-refractivity contribution is -0.144. The van der Waals surface area contributed by atoms with Gasteiger partial charge in [0.25, 0.3) is 0 Å². The van der Waals surface area contributed by atoms with Gasteiger partial charge in [-0.25, -0.2) is 0 Å². The summed E-state index contributed by atoms with van der Waals surface area (Å²) in [6.45, 7) is 11.7. The van der Waals surface area contributed by atoms with Gasteiger partial charge in [-0.2, -0.15) is 4.98 Å². The second-order valence-corrected chi connectivity index (χ2v) is 5.37. The summed E-state index contributed by atoms with van der Waals surface area (Å²) >= 11 is 0. The van der Waals surface area contributed by atoms with E-state index in [0.717, 1.165) is 6.54 Å². The van der Waals surface area contributed by atoms with E-state index in [9.17, 15) is 4.79 Å². The van der Waals surface area contributed by atoms with Gasteiger partial charge in [-0.05, 0) is 13.5 Å². The number of hydrogen-bond donors (Lipinski definition) is 0. The van der Waals surface area contributed by atoms with Crippen molar-refractivity contribution in [1.29, 1.82) is 0 Å². The molecule has 0 saturated heterocycles. The van der Waals surface area contributed by atoms with Crippen LogP contribution < -0.4 is 0 Å². The monoisotopic (exact) mass is 269 g/mol. The van der Waals surface area contributed by atoms with E-state index in [0.29, 0.717) is 24.9 Å². The molecule has 0 unspecified atom stereocenters. The number of carbonyl (C=O) groups excluding carboxylic acids is 1. The van der Waals surface area contributed by atoms with Gasteiger partial charge < -0.3 is 9.26 Å². The van der Waals surface area contributed by atoms with Crippen LogP contribution in [0.3, 0.4) is 0 Å². The highest BCUT2D eigenvalue weighted by Crippen LogP contribution is 2.19. The van der Waals surface area contributed by atoms with Crippen molar-refractivity contribution < 1.29 is 14.1 Å². The Hall–Kier alpha value is -1.43. The van der Waals surface area contributed by atoms with Gasteiger partial charge >= 0.3 is 5.97 Å². The van der Waals surface area contributed by atoms with Crippen molar-refractivity contribution in [2.45, 2.75) is 46.6 Å². The lowest BCUT2D eigenvalue weighted by atomic mass is 9.97. The Labute approximate surface area is 114 Å². The van der Waals surface area contributed by atoms with Gasteiger partial charge in [-0.15, -0.1) is 0 Å². The summed E-state index contributed by atoms with van der Waals surface area (Å²) in [5.41, 5.74) is -0.163. The fourth-order valence-electron chi connectivity index (χ4n) is 1.49. The first kappa shape index (κ1) is 15.6. The Balaban J connectivity index is 2.61. The Morgan fingerprint density at radius 3 is 2.53 bits per heavy atom. The molecule has 0 aliphatic carbocycles. The largest absolute Gasteiger partial charge is 0.465 e. The molecule has 0 amide bonds. The fourth-order valence-corrected chi connectivity index (χ4v) is 1.49. The van der Waals surface area contributed by atoms with Crippen molar-refractivity contribution in [2.75, 3.05) is 19.7 Å². The average molecular weight is 269 g/mol. The van der Waals surface area contributed by atoms with Gasteiger partial charge in [-0.3, -0.25) is 9.69 Å². The molecule has 0 fully saturated rings. The summed E-state index contributed by atoms with van der Waals surface area (Å²) in [7, 11) is 0. The van der Waals surface area contributed by atoms with E-state index < -0.39 is 0 Å². The van der Waals surface area contributed by atoms with Gasteiger partial charge in [0.2, 0.25) is 5.89 Å². The summed E-state index contributed by atoms with van der Waals surface area (Å²) in [4.78, 5) is 17.7. The number of aromatic nitrogens is 2. The van der Waals surface area contributed by atoms with Gasteiger partial charge in [0.05, 0.1) is 19.7 Å². The van der Waals surface area contributed by atoms with Crippen LogP contribution in [0.2, 0.25) is 0 Å². The van der Waals surface area contributed by atoms with Gasteiger partial charge in [-0.1, -0.05) is 32.9 Å². The van der Waals surface area contributed by atoms with E-state index in [4.69, 9.17) is 9.26 Å². The minimum atomic E-state index is -0.233. The predicted molar refractivity (Wildman–Crippen MR) is 70.6 cm³/mol. The van der Waals surface area contributed by atoms with E-state index >= 15 is 0 Å². The lowest BCUT2D eigenvalue weighted by Gasteiger charge is -2.16. The van der Waals surface area contributed by atoms with E-state index in [1.54, 1.807) is 6.92 Å². The molecule has 0 atom stereocenters. The van der Waals surface area contributed by atoms with Crippen molar-refractivity contribution in [2.24, 2.45) is 0 Å². The number of esters is 1. The molecule has 0 radical (unpaired) electrons. The minimum Gasteiger partial charge on any atom is -0.465 e. The molecule has 1 rings (SSSR count). The van der Waals surface area contributed by atoms with Crippen molar-refractivity contribution >= 4 is 5.97 Å². The molecule has 0 N–H and O–H groups in total. The molecule has 0 aliphatic rings. The maximum absolute atomic E-state index is 11.4. The number of rotatable bonds is 6. The molecule has 0 bridgehead atoms. The molecule has 0 aromatic carbocycles. The molecule has 6 nitrogen and oxygen atoms in total. The molecule has 6 heteroatoms. The second-order valence-electron chi connectivity index (χ2n) is 5.37. The lowest BCUT2D eigenvalue weighted by Crippen LogP contribution is -2.31. The van der Waals surface area contributed by atoms with Crippen LogP contribution in [0.25, 0.3) is 0 Å². The number of carbonyl (C=O) groups is 1. The number of nitrogens with zero attached hydrogens (tertiary/aromatic N) is 3. The van der Waals surface area contributed by atoms with Gasteiger partial charge in [0.1, 0.15) is 0 Å². The Morgan fingerprint density at radius 1 is 1.37 bits per heavy atom. The Morgan fingerprint density at radius 2 is 2.05 bits per heavy atom. The molecular formula is C13H23N3O3. The van der Waals surface area contributed by atoms with Crippen LogP contribution in [0.15, 0.2) is 4.52 Å². The minimum absolute atomic E-state index is 0.163. The number of hydrogen-bond acceptors (Lipinski definition) is 6. The SMILES string of the molecule is CCOC(=O)CN(CC)Cc1noc(C(C)(C)C)n1. The van der Waals surface area contributed by atoms with Crippen molar-refractivity contribution in [3.63, 3.8) is 0 Å². The summed E-state index contributed by atoms with van der Waals surface area (Å²) in [6, 6.07) is 0. The third-order valence-corrected chi connectivity index (χ3v) is 2.58. The third kappa shape index (κ3) is 4.98. The van der Waals surface area contributed by atoms with Crippen LogP contribution in [-0.4, -0.2) is 40.7 Å². The van der Waals surface area contributed by atoms with Gasteiger partial charge in [0.15, 0.2) is 5.82 Å². The molecule has 1 aromatic heterocycles. The first-order valence-electron chi connectivity index (χ1n) is 6.57. The molecule has 1 aromatic rings. The highest BCUT2D eigenvalue weighted by molar-refractivity contribution is 5.71. The Bertz CT molecular complexity index is 410. The van der Waals surface area contributed by atoms with Crippen LogP contribution in [0, 0.1) is 0 Å². The van der Waals surface area contributed by atoms with Crippen LogP contribution in [0.4, 0.5) is 0 Å². The molecule has 0 spiro atoms. The molecule has 0 saturated carbocycles. The smallest absolute Gasteiger partial charge is 0.320 e. The maximum atomic E-state index is 11.4. The first-order chi connectivity index (χ1) is 8.86. The van der Waals surface area contributed by atoms with Crippen LogP contribution in [0.1, 0.15) is 46.3 Å². The number of ether oxygens (including phenoxy) is 1.